The SMILES string of the molecule is Cc1ccc(N(C)S(=O)(=O)c2cn[nH]c2C)c(C)c1. The molecule has 1 aromatic carbocycles. The number of aromatic amines is 1. The molecule has 0 radical (unpaired) electrons. The fourth-order valence-electron chi connectivity index (χ4n) is 2.04. The van der Waals surface area contributed by atoms with Gasteiger partial charge in [0.25, 0.3) is 10.0 Å². The third kappa shape index (κ3) is 2.35. The van der Waals surface area contributed by atoms with Crippen molar-refractivity contribution < 1.29 is 8.42 Å². The number of nitrogens with one attached hydrogen (secondary N) is 1. The van der Waals surface area contributed by atoms with Crippen LogP contribution < -0.4 is 4.31 Å². The third-order valence-corrected chi connectivity index (χ3v) is 5.00. The summed E-state index contributed by atoms with van der Waals surface area (Å²) in [6.07, 6.45) is 1.34. The normalized spacial score (nSPS) is 11.6. The molecule has 1 heterocycles. The summed E-state index contributed by atoms with van der Waals surface area (Å²) in [6.45, 7) is 5.57. The summed E-state index contributed by atoms with van der Waals surface area (Å²) in [6, 6.07) is 5.68. The van der Waals surface area contributed by atoms with E-state index in [9.17, 15) is 8.42 Å². The van der Waals surface area contributed by atoms with Crippen LogP contribution >= 0.6 is 0 Å². The van der Waals surface area contributed by atoms with Gasteiger partial charge in [0.2, 0.25) is 0 Å². The van der Waals surface area contributed by atoms with Gasteiger partial charge in [-0.05, 0) is 32.4 Å². The Morgan fingerprint density at radius 1 is 1.21 bits per heavy atom. The van der Waals surface area contributed by atoms with Crippen LogP contribution in [0, 0.1) is 20.8 Å². The van der Waals surface area contributed by atoms with E-state index in [-0.39, 0.29) is 4.90 Å². The van der Waals surface area contributed by atoms with Crippen molar-refractivity contribution in [1.82, 2.24) is 10.2 Å². The van der Waals surface area contributed by atoms with Crippen molar-refractivity contribution in [3.8, 4) is 0 Å². The highest BCUT2D eigenvalue weighted by Crippen LogP contribution is 2.26. The lowest BCUT2D eigenvalue weighted by atomic mass is 10.1. The molecule has 5 nitrogen and oxygen atoms in total. The Morgan fingerprint density at radius 3 is 2.42 bits per heavy atom. The maximum absolute atomic E-state index is 12.5. The van der Waals surface area contributed by atoms with Crippen LogP contribution in [0.5, 0.6) is 0 Å². The van der Waals surface area contributed by atoms with Crippen LogP contribution in [0.25, 0.3) is 0 Å². The fourth-order valence-corrected chi connectivity index (χ4v) is 3.41. The number of nitrogens with zero attached hydrogens (tertiary/aromatic N) is 2. The molecule has 0 bridgehead atoms. The Balaban J connectivity index is 2.50. The van der Waals surface area contributed by atoms with Crippen molar-refractivity contribution in [2.24, 2.45) is 0 Å². The average molecular weight is 279 g/mol. The molecule has 2 rings (SSSR count). The number of hydrogen-bond acceptors (Lipinski definition) is 3. The quantitative estimate of drug-likeness (QED) is 0.936. The van der Waals surface area contributed by atoms with Crippen molar-refractivity contribution in [2.45, 2.75) is 25.7 Å². The Labute approximate surface area is 113 Å². The monoisotopic (exact) mass is 279 g/mol. The summed E-state index contributed by atoms with van der Waals surface area (Å²) < 4.78 is 26.3. The predicted molar refractivity (Wildman–Crippen MR) is 74.8 cm³/mol. The van der Waals surface area contributed by atoms with Gasteiger partial charge >= 0.3 is 0 Å². The number of anilines is 1. The summed E-state index contributed by atoms with van der Waals surface area (Å²) in [7, 11) is -2.02. The fraction of sp³-hybridized carbons (Fsp3) is 0.308. The summed E-state index contributed by atoms with van der Waals surface area (Å²) in [5, 5.41) is 6.42. The first kappa shape index (κ1) is 13.6. The molecule has 0 amide bonds. The van der Waals surface area contributed by atoms with Gasteiger partial charge in [-0.3, -0.25) is 9.40 Å². The predicted octanol–water partition coefficient (Wildman–Crippen LogP) is 2.16. The largest absolute Gasteiger partial charge is 0.281 e. The third-order valence-electron chi connectivity index (χ3n) is 3.11. The van der Waals surface area contributed by atoms with Gasteiger partial charge in [0, 0.05) is 7.05 Å². The Kier molecular flexibility index (Phi) is 3.36. The maximum Gasteiger partial charge on any atom is 0.267 e. The van der Waals surface area contributed by atoms with E-state index in [0.717, 1.165) is 11.1 Å². The lowest BCUT2D eigenvalue weighted by molar-refractivity contribution is 0.593. The summed E-state index contributed by atoms with van der Waals surface area (Å²) in [5.74, 6) is 0. The molecule has 1 N–H and O–H groups in total. The minimum atomic E-state index is -3.58. The molecule has 1 aromatic heterocycles. The second-order valence-electron chi connectivity index (χ2n) is 4.62. The first-order valence-corrected chi connectivity index (χ1v) is 7.34. The molecule has 0 saturated heterocycles. The van der Waals surface area contributed by atoms with E-state index in [1.807, 2.05) is 32.0 Å². The summed E-state index contributed by atoms with van der Waals surface area (Å²) in [4.78, 5) is 0.204. The van der Waals surface area contributed by atoms with Crippen LogP contribution in [-0.2, 0) is 10.0 Å². The lowest BCUT2D eigenvalue weighted by Crippen LogP contribution is -2.27. The van der Waals surface area contributed by atoms with Crippen LogP contribution in [-0.4, -0.2) is 25.7 Å². The molecular formula is C13H17N3O2S. The van der Waals surface area contributed by atoms with Gasteiger partial charge in [0.15, 0.2) is 0 Å². The van der Waals surface area contributed by atoms with Crippen LogP contribution in [0.2, 0.25) is 0 Å². The maximum atomic E-state index is 12.5. The second kappa shape index (κ2) is 4.70. The van der Waals surface area contributed by atoms with Gasteiger partial charge in [-0.15, -0.1) is 0 Å². The molecule has 19 heavy (non-hydrogen) atoms. The highest BCUT2D eigenvalue weighted by Gasteiger charge is 2.25. The van der Waals surface area contributed by atoms with E-state index < -0.39 is 10.0 Å². The number of H-pyrrole nitrogens is 1. The zero-order chi connectivity index (χ0) is 14.2. The molecule has 0 unspecified atom stereocenters. The van der Waals surface area contributed by atoms with Crippen LogP contribution in [0.3, 0.4) is 0 Å². The van der Waals surface area contributed by atoms with E-state index in [0.29, 0.717) is 11.4 Å². The van der Waals surface area contributed by atoms with E-state index >= 15 is 0 Å². The Hall–Kier alpha value is -1.82. The number of aromatic nitrogens is 2. The van der Waals surface area contributed by atoms with Gasteiger partial charge in [0.05, 0.1) is 17.6 Å². The van der Waals surface area contributed by atoms with Crippen LogP contribution in [0.4, 0.5) is 5.69 Å². The topological polar surface area (TPSA) is 66.1 Å². The van der Waals surface area contributed by atoms with Gasteiger partial charge < -0.3 is 0 Å². The molecule has 102 valence electrons. The molecule has 0 atom stereocenters. The zero-order valence-electron chi connectivity index (χ0n) is 11.4. The van der Waals surface area contributed by atoms with Crippen molar-refractivity contribution >= 4 is 15.7 Å². The first-order valence-electron chi connectivity index (χ1n) is 5.90. The molecule has 2 aromatic rings. The molecule has 0 fully saturated rings. The van der Waals surface area contributed by atoms with E-state index in [1.54, 1.807) is 14.0 Å². The number of benzene rings is 1. The number of hydrogen-bond donors (Lipinski definition) is 1. The van der Waals surface area contributed by atoms with Gasteiger partial charge in [-0.25, -0.2) is 8.42 Å². The molecule has 0 aliphatic heterocycles. The summed E-state index contributed by atoms with van der Waals surface area (Å²) in [5.41, 5.74) is 3.24. The van der Waals surface area contributed by atoms with E-state index in [1.165, 1.54) is 10.5 Å². The van der Waals surface area contributed by atoms with E-state index in [4.69, 9.17) is 0 Å². The minimum Gasteiger partial charge on any atom is -0.281 e. The van der Waals surface area contributed by atoms with Crippen molar-refractivity contribution in [3.63, 3.8) is 0 Å². The van der Waals surface area contributed by atoms with Gasteiger partial charge in [0.1, 0.15) is 4.90 Å². The Morgan fingerprint density at radius 2 is 1.89 bits per heavy atom. The van der Waals surface area contributed by atoms with Crippen molar-refractivity contribution in [3.05, 3.63) is 41.2 Å². The second-order valence-corrected chi connectivity index (χ2v) is 6.56. The highest BCUT2D eigenvalue weighted by atomic mass is 32.2. The minimum absolute atomic E-state index is 0.204. The lowest BCUT2D eigenvalue weighted by Gasteiger charge is -2.21. The smallest absolute Gasteiger partial charge is 0.267 e. The molecule has 0 saturated carbocycles. The summed E-state index contributed by atoms with van der Waals surface area (Å²) >= 11 is 0. The Bertz CT molecular complexity index is 704. The molecule has 0 aliphatic rings. The number of aryl methyl sites for hydroxylation is 3. The molecular weight excluding hydrogens is 262 g/mol. The number of rotatable bonds is 3. The number of sulfonamides is 1. The first-order chi connectivity index (χ1) is 8.84. The average Bonchev–Trinajstić information content (AvgIpc) is 2.75. The van der Waals surface area contributed by atoms with Gasteiger partial charge in [-0.1, -0.05) is 17.7 Å². The molecule has 6 heteroatoms. The highest BCUT2D eigenvalue weighted by molar-refractivity contribution is 7.92. The van der Waals surface area contributed by atoms with Crippen LogP contribution in [0.15, 0.2) is 29.3 Å². The molecule has 0 spiro atoms. The zero-order valence-corrected chi connectivity index (χ0v) is 12.2. The molecule has 0 aliphatic carbocycles. The van der Waals surface area contributed by atoms with Crippen molar-refractivity contribution in [1.29, 1.82) is 0 Å². The van der Waals surface area contributed by atoms with E-state index in [2.05, 4.69) is 10.2 Å². The van der Waals surface area contributed by atoms with Crippen LogP contribution in [0.1, 0.15) is 16.8 Å². The standard InChI is InChI=1S/C13H17N3O2S/c1-9-5-6-12(10(2)7-9)16(4)19(17,18)13-8-14-15-11(13)3/h5-8H,1-4H3,(H,14,15). The van der Waals surface area contributed by atoms with Gasteiger partial charge in [-0.2, -0.15) is 5.10 Å². The van der Waals surface area contributed by atoms with Crippen molar-refractivity contribution in [2.75, 3.05) is 11.4 Å².